The molecule has 4 atom stereocenters. The van der Waals surface area contributed by atoms with Crippen molar-refractivity contribution >= 4 is 18.8 Å². The van der Waals surface area contributed by atoms with E-state index in [2.05, 4.69) is 15.0 Å². The van der Waals surface area contributed by atoms with Gasteiger partial charge in [-0.15, -0.1) is 0 Å². The molecule has 0 bridgehead atoms. The highest BCUT2D eigenvalue weighted by atomic mass is 31.2. The molecule has 36 heavy (non-hydrogen) atoms. The summed E-state index contributed by atoms with van der Waals surface area (Å²) in [7, 11) is -3.34. The van der Waals surface area contributed by atoms with Crippen LogP contribution >= 0.6 is 7.60 Å². The molecule has 4 heterocycles. The SMILES string of the molecule is CCOP(=O)(COCC1O[C@@H](n2cnc3c(-c4ccccc4)ncnc32)[C@@H]2OC(C)(C)O[C@H]12)OCC. The van der Waals surface area contributed by atoms with Crippen LogP contribution in [0, 0.1) is 0 Å². The first-order valence-electron chi connectivity index (χ1n) is 12.0. The summed E-state index contributed by atoms with van der Waals surface area (Å²) in [6, 6.07) is 9.83. The molecule has 2 fully saturated rings. The van der Waals surface area contributed by atoms with Crippen molar-refractivity contribution in [2.24, 2.45) is 0 Å². The molecule has 12 heteroatoms. The number of aromatic nitrogens is 4. The van der Waals surface area contributed by atoms with Gasteiger partial charge in [-0.25, -0.2) is 15.0 Å². The Morgan fingerprint density at radius 2 is 1.75 bits per heavy atom. The summed E-state index contributed by atoms with van der Waals surface area (Å²) < 4.78 is 49.8. The first-order valence-corrected chi connectivity index (χ1v) is 13.8. The Balaban J connectivity index is 1.39. The fourth-order valence-electron chi connectivity index (χ4n) is 4.65. The third-order valence-corrected chi connectivity index (χ3v) is 7.79. The molecular formula is C24H31N4O7P. The molecule has 0 aliphatic carbocycles. The maximum Gasteiger partial charge on any atom is 0.356 e. The van der Waals surface area contributed by atoms with Crippen LogP contribution in [0.4, 0.5) is 0 Å². The zero-order valence-electron chi connectivity index (χ0n) is 20.8. The Bertz CT molecular complexity index is 1230. The van der Waals surface area contributed by atoms with Crippen LogP contribution in [0.3, 0.4) is 0 Å². The van der Waals surface area contributed by atoms with E-state index >= 15 is 0 Å². The molecule has 0 saturated carbocycles. The molecule has 0 amide bonds. The highest BCUT2D eigenvalue weighted by molar-refractivity contribution is 7.53. The highest BCUT2D eigenvalue weighted by Crippen LogP contribution is 2.49. The number of nitrogens with zero attached hydrogens (tertiary/aromatic N) is 4. The van der Waals surface area contributed by atoms with Crippen molar-refractivity contribution in [1.29, 1.82) is 0 Å². The summed E-state index contributed by atoms with van der Waals surface area (Å²) in [5, 5.41) is 0. The van der Waals surface area contributed by atoms with Crippen LogP contribution in [0.5, 0.6) is 0 Å². The van der Waals surface area contributed by atoms with E-state index in [1.807, 2.05) is 48.7 Å². The minimum atomic E-state index is -3.34. The van der Waals surface area contributed by atoms with Crippen molar-refractivity contribution in [1.82, 2.24) is 19.5 Å². The molecule has 1 unspecified atom stereocenters. The molecule has 3 aromatic rings. The number of rotatable bonds is 10. The Kier molecular flexibility index (Phi) is 7.24. The van der Waals surface area contributed by atoms with Crippen molar-refractivity contribution in [3.8, 4) is 11.3 Å². The van der Waals surface area contributed by atoms with Gasteiger partial charge in [-0.3, -0.25) is 9.13 Å². The number of ether oxygens (including phenoxy) is 4. The van der Waals surface area contributed by atoms with Gasteiger partial charge in [-0.1, -0.05) is 30.3 Å². The van der Waals surface area contributed by atoms with Gasteiger partial charge >= 0.3 is 7.60 Å². The van der Waals surface area contributed by atoms with Crippen LogP contribution in [0.15, 0.2) is 43.0 Å². The predicted octanol–water partition coefficient (Wildman–Crippen LogP) is 4.15. The van der Waals surface area contributed by atoms with Crippen molar-refractivity contribution in [3.63, 3.8) is 0 Å². The van der Waals surface area contributed by atoms with E-state index < -0.39 is 37.9 Å². The largest absolute Gasteiger partial charge is 0.366 e. The second-order valence-electron chi connectivity index (χ2n) is 8.99. The second-order valence-corrected chi connectivity index (χ2v) is 11.0. The summed E-state index contributed by atoms with van der Waals surface area (Å²) >= 11 is 0. The lowest BCUT2D eigenvalue weighted by molar-refractivity contribution is -0.201. The smallest absolute Gasteiger partial charge is 0.356 e. The van der Waals surface area contributed by atoms with Gasteiger partial charge in [-0.2, -0.15) is 0 Å². The summed E-state index contributed by atoms with van der Waals surface area (Å²) in [4.78, 5) is 13.6. The maximum absolute atomic E-state index is 12.8. The molecule has 194 valence electrons. The molecule has 5 rings (SSSR count). The molecule has 11 nitrogen and oxygen atoms in total. The van der Waals surface area contributed by atoms with Crippen LogP contribution in [-0.2, 0) is 32.6 Å². The first-order chi connectivity index (χ1) is 17.3. The molecule has 1 aromatic carbocycles. The Labute approximate surface area is 209 Å². The van der Waals surface area contributed by atoms with Gasteiger partial charge in [0, 0.05) is 5.56 Å². The van der Waals surface area contributed by atoms with Gasteiger partial charge in [0.2, 0.25) is 0 Å². The zero-order valence-corrected chi connectivity index (χ0v) is 21.7. The lowest BCUT2D eigenvalue weighted by Gasteiger charge is -2.25. The van der Waals surface area contributed by atoms with E-state index in [4.69, 9.17) is 28.0 Å². The fraction of sp³-hybridized carbons (Fsp3) is 0.542. The van der Waals surface area contributed by atoms with Gasteiger partial charge in [0.25, 0.3) is 0 Å². The number of hydrogen-bond donors (Lipinski definition) is 0. The van der Waals surface area contributed by atoms with Crippen LogP contribution in [0.1, 0.15) is 33.9 Å². The Morgan fingerprint density at radius 1 is 1.03 bits per heavy atom. The number of imidazole rings is 1. The second kappa shape index (κ2) is 10.3. The Morgan fingerprint density at radius 3 is 2.47 bits per heavy atom. The lowest BCUT2D eigenvalue weighted by atomic mass is 10.1. The van der Waals surface area contributed by atoms with Crippen molar-refractivity contribution < 1.29 is 32.6 Å². The maximum atomic E-state index is 12.8. The summed E-state index contributed by atoms with van der Waals surface area (Å²) in [6.07, 6.45) is 1.16. The van der Waals surface area contributed by atoms with Crippen LogP contribution in [0.2, 0.25) is 0 Å². The van der Waals surface area contributed by atoms with Crippen molar-refractivity contribution in [3.05, 3.63) is 43.0 Å². The lowest BCUT2D eigenvalue weighted by Crippen LogP contribution is -2.33. The highest BCUT2D eigenvalue weighted by Gasteiger charge is 2.56. The predicted molar refractivity (Wildman–Crippen MR) is 130 cm³/mol. The summed E-state index contributed by atoms with van der Waals surface area (Å²) in [5.74, 6) is -0.803. The van der Waals surface area contributed by atoms with E-state index in [1.165, 1.54) is 6.33 Å². The number of fused-ring (bicyclic) bond motifs is 2. The van der Waals surface area contributed by atoms with Gasteiger partial charge in [-0.05, 0) is 27.7 Å². The molecule has 0 radical (unpaired) electrons. The van der Waals surface area contributed by atoms with Crippen LogP contribution in [-0.4, -0.2) is 69.8 Å². The van der Waals surface area contributed by atoms with E-state index in [0.717, 1.165) is 11.3 Å². The van der Waals surface area contributed by atoms with E-state index in [9.17, 15) is 4.57 Å². The molecule has 2 aromatic heterocycles. The average molecular weight is 519 g/mol. The zero-order chi connectivity index (χ0) is 25.3. The topological polar surface area (TPSA) is 116 Å². The average Bonchev–Trinajstić information content (AvgIpc) is 3.51. The van der Waals surface area contributed by atoms with Gasteiger partial charge in [0.1, 0.15) is 42.2 Å². The van der Waals surface area contributed by atoms with Crippen LogP contribution in [0.25, 0.3) is 22.4 Å². The van der Waals surface area contributed by atoms with Crippen molar-refractivity contribution in [2.75, 3.05) is 26.2 Å². The fourth-order valence-corrected chi connectivity index (χ4v) is 5.99. The monoisotopic (exact) mass is 518 g/mol. The van der Waals surface area contributed by atoms with Gasteiger partial charge in [0.15, 0.2) is 17.7 Å². The van der Waals surface area contributed by atoms with E-state index in [1.54, 1.807) is 20.2 Å². The van der Waals surface area contributed by atoms with E-state index in [-0.39, 0.29) is 26.2 Å². The molecule has 2 aliphatic rings. The summed E-state index contributed by atoms with van der Waals surface area (Å²) in [5.41, 5.74) is 2.97. The number of benzene rings is 1. The minimum absolute atomic E-state index is 0.123. The standard InChI is InChI=1S/C24H31N4O7P/c1-5-31-36(29,32-6-2)15-30-12-17-20-21(35-24(3,4)34-20)23(33-17)28-14-27-19-18(25-13-26-22(19)28)16-10-8-7-9-11-16/h7-11,13-14,17,20-21,23H,5-6,12,15H2,1-4H3/t17?,20-,21-,23-/m1/s1. The molecule has 2 saturated heterocycles. The molecular weight excluding hydrogens is 487 g/mol. The summed E-state index contributed by atoms with van der Waals surface area (Å²) in [6.45, 7) is 7.89. The minimum Gasteiger partial charge on any atom is -0.366 e. The normalized spacial score (nSPS) is 25.4. The first kappa shape index (κ1) is 25.4. The third-order valence-electron chi connectivity index (χ3n) is 5.99. The third kappa shape index (κ3) is 4.97. The Hall–Kier alpha value is -2.24. The molecule has 0 spiro atoms. The van der Waals surface area contributed by atoms with Gasteiger partial charge in [0.05, 0.1) is 26.1 Å². The number of hydrogen-bond acceptors (Lipinski definition) is 10. The molecule has 2 aliphatic heterocycles. The quantitative estimate of drug-likeness (QED) is 0.362. The van der Waals surface area contributed by atoms with Crippen molar-refractivity contribution in [2.45, 2.75) is 58.0 Å². The van der Waals surface area contributed by atoms with Crippen LogP contribution < -0.4 is 0 Å². The van der Waals surface area contributed by atoms with E-state index in [0.29, 0.717) is 11.2 Å². The van der Waals surface area contributed by atoms with Gasteiger partial charge < -0.3 is 28.0 Å². The molecule has 0 N–H and O–H groups in total.